The summed E-state index contributed by atoms with van der Waals surface area (Å²) in [6.45, 7) is -0.271. The fourth-order valence-corrected chi connectivity index (χ4v) is 1.71. The molecule has 2 aromatic carbocycles. The third kappa shape index (κ3) is 3.21. The summed E-state index contributed by atoms with van der Waals surface area (Å²) in [6.07, 6.45) is 0. The second kappa shape index (κ2) is 5.83. The zero-order chi connectivity index (χ0) is 14.7. The minimum absolute atomic E-state index is 0.0776. The van der Waals surface area contributed by atoms with Crippen molar-refractivity contribution < 1.29 is 18.4 Å². The summed E-state index contributed by atoms with van der Waals surface area (Å²) in [5.41, 5.74) is -0.197. The zero-order valence-corrected chi connectivity index (χ0v) is 10.7. The third-order valence-corrected chi connectivity index (χ3v) is 2.75. The Bertz CT molecular complexity index is 664. The molecule has 0 amide bonds. The van der Waals surface area contributed by atoms with Crippen LogP contribution < -0.4 is 4.74 Å². The van der Waals surface area contributed by atoms with Gasteiger partial charge in [-0.05, 0) is 18.2 Å². The first-order valence-corrected chi connectivity index (χ1v) is 5.86. The van der Waals surface area contributed by atoms with Gasteiger partial charge in [0, 0.05) is 28.8 Å². The summed E-state index contributed by atoms with van der Waals surface area (Å²) in [5, 5.41) is 11.1. The fourth-order valence-electron chi connectivity index (χ4n) is 1.55. The van der Waals surface area contributed by atoms with Crippen LogP contribution in [0, 0.1) is 21.7 Å². The quantitative estimate of drug-likeness (QED) is 0.630. The van der Waals surface area contributed by atoms with Crippen molar-refractivity contribution in [2.75, 3.05) is 0 Å². The lowest BCUT2D eigenvalue weighted by atomic mass is 10.2. The molecule has 4 nitrogen and oxygen atoms in total. The van der Waals surface area contributed by atoms with Crippen molar-refractivity contribution in [1.29, 1.82) is 0 Å². The first-order valence-electron chi connectivity index (χ1n) is 5.48. The maximum atomic E-state index is 13.4. The molecule has 0 aliphatic rings. The molecule has 104 valence electrons. The molecular formula is C13H8ClF2NO3. The molecule has 2 aromatic rings. The number of benzene rings is 2. The van der Waals surface area contributed by atoms with E-state index in [4.69, 9.17) is 16.3 Å². The standard InChI is InChI=1S/C13H8ClF2NO3/c14-9-2-4-12(17(18)19)13(5-9)20-7-8-1-3-10(15)6-11(8)16/h1-6H,7H2. The molecule has 20 heavy (non-hydrogen) atoms. The van der Waals surface area contributed by atoms with Crippen molar-refractivity contribution >= 4 is 17.3 Å². The molecule has 0 N–H and O–H groups in total. The second-order valence-electron chi connectivity index (χ2n) is 3.89. The number of nitro groups is 1. The highest BCUT2D eigenvalue weighted by molar-refractivity contribution is 6.30. The summed E-state index contributed by atoms with van der Waals surface area (Å²) >= 11 is 5.73. The van der Waals surface area contributed by atoms with Crippen LogP contribution in [0.4, 0.5) is 14.5 Å². The van der Waals surface area contributed by atoms with Gasteiger partial charge >= 0.3 is 5.69 Å². The maximum absolute atomic E-state index is 13.4. The molecule has 0 aromatic heterocycles. The average Bonchev–Trinajstić information content (AvgIpc) is 2.37. The van der Waals surface area contributed by atoms with E-state index in [1.165, 1.54) is 24.3 Å². The monoisotopic (exact) mass is 299 g/mol. The highest BCUT2D eigenvalue weighted by Gasteiger charge is 2.16. The van der Waals surface area contributed by atoms with Crippen LogP contribution in [0.25, 0.3) is 0 Å². The van der Waals surface area contributed by atoms with Gasteiger partial charge in [0.15, 0.2) is 5.75 Å². The van der Waals surface area contributed by atoms with Gasteiger partial charge < -0.3 is 4.74 Å². The van der Waals surface area contributed by atoms with Crippen molar-refractivity contribution in [3.05, 3.63) is 68.7 Å². The van der Waals surface area contributed by atoms with Gasteiger partial charge in [0.25, 0.3) is 0 Å². The molecule has 0 saturated carbocycles. The topological polar surface area (TPSA) is 52.4 Å². The molecule has 0 heterocycles. The minimum atomic E-state index is -0.783. The maximum Gasteiger partial charge on any atom is 0.311 e. The minimum Gasteiger partial charge on any atom is -0.482 e. The lowest BCUT2D eigenvalue weighted by Gasteiger charge is -2.08. The fraction of sp³-hybridized carbons (Fsp3) is 0.0769. The number of hydrogen-bond donors (Lipinski definition) is 0. The first-order chi connectivity index (χ1) is 9.47. The smallest absolute Gasteiger partial charge is 0.311 e. The van der Waals surface area contributed by atoms with Gasteiger partial charge in [0.2, 0.25) is 0 Å². The third-order valence-electron chi connectivity index (χ3n) is 2.52. The molecule has 0 radical (unpaired) electrons. The number of rotatable bonds is 4. The van der Waals surface area contributed by atoms with Crippen LogP contribution in [-0.2, 0) is 6.61 Å². The molecule has 2 rings (SSSR count). The van der Waals surface area contributed by atoms with E-state index in [-0.39, 0.29) is 28.6 Å². The Morgan fingerprint density at radius 1 is 1.20 bits per heavy atom. The predicted molar refractivity (Wildman–Crippen MR) is 68.8 cm³/mol. The number of halogens is 3. The van der Waals surface area contributed by atoms with Gasteiger partial charge in [-0.3, -0.25) is 10.1 Å². The van der Waals surface area contributed by atoms with Gasteiger partial charge in [-0.15, -0.1) is 0 Å². The lowest BCUT2D eigenvalue weighted by molar-refractivity contribution is -0.385. The van der Waals surface area contributed by atoms with E-state index in [1.54, 1.807) is 0 Å². The Labute approximate surface area is 117 Å². The Balaban J connectivity index is 2.22. The van der Waals surface area contributed by atoms with Gasteiger partial charge in [-0.1, -0.05) is 11.6 Å². The van der Waals surface area contributed by atoms with Crippen molar-refractivity contribution in [3.63, 3.8) is 0 Å². The van der Waals surface area contributed by atoms with Crippen molar-refractivity contribution in [3.8, 4) is 5.75 Å². The number of nitro benzene ring substituents is 1. The van der Waals surface area contributed by atoms with Crippen molar-refractivity contribution in [1.82, 2.24) is 0 Å². The second-order valence-corrected chi connectivity index (χ2v) is 4.33. The van der Waals surface area contributed by atoms with Gasteiger partial charge in [-0.2, -0.15) is 0 Å². The summed E-state index contributed by atoms with van der Waals surface area (Å²) in [7, 11) is 0. The number of hydrogen-bond acceptors (Lipinski definition) is 3. The van der Waals surface area contributed by atoms with E-state index in [0.29, 0.717) is 6.07 Å². The van der Waals surface area contributed by atoms with Crippen LogP contribution in [0.1, 0.15) is 5.56 Å². The average molecular weight is 300 g/mol. The van der Waals surface area contributed by atoms with Crippen LogP contribution in [0.5, 0.6) is 5.75 Å². The van der Waals surface area contributed by atoms with Crippen molar-refractivity contribution in [2.24, 2.45) is 0 Å². The summed E-state index contributed by atoms with van der Waals surface area (Å²) < 4.78 is 31.4. The molecule has 0 fully saturated rings. The molecule has 0 aliphatic carbocycles. The first kappa shape index (κ1) is 14.2. The molecule has 7 heteroatoms. The number of nitrogens with zero attached hydrogens (tertiary/aromatic N) is 1. The van der Waals surface area contributed by atoms with E-state index in [2.05, 4.69) is 0 Å². The normalized spacial score (nSPS) is 10.3. The van der Waals surface area contributed by atoms with E-state index in [1.807, 2.05) is 0 Å². The highest BCUT2D eigenvalue weighted by Crippen LogP contribution is 2.30. The molecular weight excluding hydrogens is 292 g/mol. The van der Waals surface area contributed by atoms with Crippen LogP contribution >= 0.6 is 11.6 Å². The predicted octanol–water partition coefficient (Wildman–Crippen LogP) is 4.11. The Hall–Kier alpha value is -2.21. The Morgan fingerprint density at radius 2 is 1.95 bits per heavy atom. The molecule has 0 saturated heterocycles. The summed E-state index contributed by atoms with van der Waals surface area (Å²) in [5.74, 6) is -1.57. The molecule has 0 atom stereocenters. The van der Waals surface area contributed by atoms with Crippen LogP contribution in [0.3, 0.4) is 0 Å². The summed E-state index contributed by atoms with van der Waals surface area (Å²) in [6, 6.07) is 6.81. The largest absolute Gasteiger partial charge is 0.482 e. The Kier molecular flexibility index (Phi) is 4.14. The van der Waals surface area contributed by atoms with Crippen molar-refractivity contribution in [2.45, 2.75) is 6.61 Å². The molecule has 0 spiro atoms. The van der Waals surface area contributed by atoms with E-state index in [0.717, 1.165) is 6.07 Å². The van der Waals surface area contributed by atoms with Gasteiger partial charge in [0.05, 0.1) is 4.92 Å². The van der Waals surface area contributed by atoms with E-state index < -0.39 is 16.6 Å². The lowest BCUT2D eigenvalue weighted by Crippen LogP contribution is -2.01. The van der Waals surface area contributed by atoms with E-state index in [9.17, 15) is 18.9 Å². The van der Waals surface area contributed by atoms with Gasteiger partial charge in [-0.25, -0.2) is 8.78 Å². The van der Waals surface area contributed by atoms with Crippen LogP contribution in [-0.4, -0.2) is 4.92 Å². The number of ether oxygens (including phenoxy) is 1. The van der Waals surface area contributed by atoms with E-state index >= 15 is 0 Å². The molecule has 0 unspecified atom stereocenters. The SMILES string of the molecule is O=[N+]([O-])c1ccc(Cl)cc1OCc1ccc(F)cc1F. The highest BCUT2D eigenvalue weighted by atomic mass is 35.5. The summed E-state index contributed by atoms with van der Waals surface area (Å²) in [4.78, 5) is 10.2. The zero-order valence-electron chi connectivity index (χ0n) is 9.98. The Morgan fingerprint density at radius 3 is 2.60 bits per heavy atom. The molecule has 0 aliphatic heterocycles. The van der Waals surface area contributed by atoms with Crippen LogP contribution in [0.15, 0.2) is 36.4 Å². The van der Waals surface area contributed by atoms with Gasteiger partial charge in [0.1, 0.15) is 18.2 Å². The molecule has 0 bridgehead atoms. The van der Waals surface area contributed by atoms with Crippen LogP contribution in [0.2, 0.25) is 5.02 Å².